The monoisotopic (exact) mass is 214 g/mol. The fourth-order valence-corrected chi connectivity index (χ4v) is 1.91. The third-order valence-corrected chi connectivity index (χ3v) is 2.99. The Hall–Kier alpha value is -0.550. The number of nitrogens with two attached hydrogens (primary N) is 1. The topological polar surface area (TPSA) is 67.6 Å². The first-order valence-corrected chi connectivity index (χ1v) is 5.98. The number of thioether (sulfide) groups is 1. The summed E-state index contributed by atoms with van der Waals surface area (Å²) in [6.45, 7) is 4.03. The van der Waals surface area contributed by atoms with E-state index in [0.717, 1.165) is 36.0 Å². The first-order chi connectivity index (χ1) is 6.72. The van der Waals surface area contributed by atoms with Crippen molar-refractivity contribution in [2.45, 2.75) is 44.3 Å². The molecule has 1 unspecified atom stereocenters. The Labute approximate surface area is 89.1 Å². The smallest absolute Gasteiger partial charge is 0.208 e. The van der Waals surface area contributed by atoms with E-state index >= 15 is 0 Å². The Morgan fingerprint density at radius 2 is 2.36 bits per heavy atom. The maximum atomic E-state index is 5.81. The van der Waals surface area contributed by atoms with Crippen molar-refractivity contribution in [2.75, 3.05) is 5.75 Å². The Balaban J connectivity index is 2.10. The molecule has 0 saturated carbocycles. The van der Waals surface area contributed by atoms with Crippen molar-refractivity contribution in [3.05, 3.63) is 5.82 Å². The molecule has 80 valence electrons. The quantitative estimate of drug-likeness (QED) is 0.559. The highest BCUT2D eigenvalue weighted by molar-refractivity contribution is 7.99. The van der Waals surface area contributed by atoms with E-state index in [1.165, 1.54) is 0 Å². The zero-order valence-electron chi connectivity index (χ0n) is 8.79. The zero-order valence-corrected chi connectivity index (χ0v) is 9.60. The lowest BCUT2D eigenvalue weighted by atomic mass is 10.1. The fourth-order valence-electron chi connectivity index (χ4n) is 1.10. The summed E-state index contributed by atoms with van der Waals surface area (Å²) in [6.07, 6.45) is 3.28. The maximum Gasteiger partial charge on any atom is 0.208 e. The van der Waals surface area contributed by atoms with Gasteiger partial charge in [0.2, 0.25) is 5.16 Å². The molecule has 0 fully saturated rings. The molecule has 0 aliphatic carbocycles. The Morgan fingerprint density at radius 3 is 2.93 bits per heavy atom. The minimum absolute atomic E-state index is 0.351. The van der Waals surface area contributed by atoms with E-state index in [-0.39, 0.29) is 0 Å². The second kappa shape index (κ2) is 6.03. The molecule has 1 atom stereocenters. The molecule has 14 heavy (non-hydrogen) atoms. The Kier molecular flexibility index (Phi) is 4.97. The lowest BCUT2D eigenvalue weighted by Crippen LogP contribution is -2.18. The predicted molar refractivity (Wildman–Crippen MR) is 59.3 cm³/mol. The molecule has 0 aliphatic rings. The molecule has 0 aromatic carbocycles. The summed E-state index contributed by atoms with van der Waals surface area (Å²) in [5.41, 5.74) is 5.81. The van der Waals surface area contributed by atoms with Crippen molar-refractivity contribution in [2.24, 2.45) is 5.73 Å². The number of aryl methyl sites for hydroxylation is 1. The van der Waals surface area contributed by atoms with Crippen LogP contribution in [0.25, 0.3) is 0 Å². The highest BCUT2D eigenvalue weighted by Gasteiger charge is 2.02. The molecule has 1 heterocycles. The fraction of sp³-hybridized carbons (Fsp3) is 0.778. The van der Waals surface area contributed by atoms with E-state index < -0.39 is 0 Å². The van der Waals surface area contributed by atoms with Crippen LogP contribution >= 0.6 is 11.8 Å². The van der Waals surface area contributed by atoms with Crippen molar-refractivity contribution in [1.82, 2.24) is 15.2 Å². The average Bonchev–Trinajstić information content (AvgIpc) is 2.58. The number of nitrogens with one attached hydrogen (secondary N) is 1. The molecular formula is C9H18N4S. The summed E-state index contributed by atoms with van der Waals surface area (Å²) in [5.74, 6) is 1.92. The molecule has 1 aromatic rings. The van der Waals surface area contributed by atoms with Crippen LogP contribution in [-0.2, 0) is 0 Å². The van der Waals surface area contributed by atoms with E-state index in [9.17, 15) is 0 Å². The van der Waals surface area contributed by atoms with Gasteiger partial charge in [0, 0.05) is 11.8 Å². The van der Waals surface area contributed by atoms with Crippen LogP contribution in [0.15, 0.2) is 5.16 Å². The summed E-state index contributed by atoms with van der Waals surface area (Å²) in [7, 11) is 0. The minimum atomic E-state index is 0.351. The lowest BCUT2D eigenvalue weighted by molar-refractivity contribution is 0.589. The number of rotatable bonds is 6. The second-order valence-electron chi connectivity index (χ2n) is 3.36. The van der Waals surface area contributed by atoms with Gasteiger partial charge in [-0.2, -0.15) is 0 Å². The van der Waals surface area contributed by atoms with Gasteiger partial charge in [0.25, 0.3) is 0 Å². The largest absolute Gasteiger partial charge is 0.328 e. The van der Waals surface area contributed by atoms with Crippen LogP contribution in [-0.4, -0.2) is 27.0 Å². The molecule has 0 spiro atoms. The van der Waals surface area contributed by atoms with Crippen molar-refractivity contribution in [1.29, 1.82) is 0 Å². The minimum Gasteiger partial charge on any atom is -0.328 e. The van der Waals surface area contributed by atoms with Crippen LogP contribution < -0.4 is 5.73 Å². The van der Waals surface area contributed by atoms with E-state index in [4.69, 9.17) is 5.73 Å². The summed E-state index contributed by atoms with van der Waals surface area (Å²) in [6, 6.07) is 0.351. The average molecular weight is 214 g/mol. The van der Waals surface area contributed by atoms with Gasteiger partial charge >= 0.3 is 0 Å². The summed E-state index contributed by atoms with van der Waals surface area (Å²) in [4.78, 5) is 4.21. The molecule has 5 heteroatoms. The van der Waals surface area contributed by atoms with Crippen LogP contribution in [0.4, 0.5) is 0 Å². The van der Waals surface area contributed by atoms with Gasteiger partial charge in [0.15, 0.2) is 0 Å². The molecule has 3 N–H and O–H groups in total. The van der Waals surface area contributed by atoms with Gasteiger partial charge in [-0.1, -0.05) is 18.7 Å². The number of H-pyrrole nitrogens is 1. The molecule has 0 aliphatic heterocycles. The van der Waals surface area contributed by atoms with Gasteiger partial charge in [-0.05, 0) is 26.2 Å². The van der Waals surface area contributed by atoms with Crippen LogP contribution in [0.2, 0.25) is 0 Å². The molecular weight excluding hydrogens is 196 g/mol. The van der Waals surface area contributed by atoms with Crippen LogP contribution in [0.1, 0.15) is 32.0 Å². The Morgan fingerprint density at radius 1 is 1.57 bits per heavy atom. The van der Waals surface area contributed by atoms with Gasteiger partial charge in [-0.15, -0.1) is 5.10 Å². The van der Waals surface area contributed by atoms with Gasteiger partial charge in [-0.3, -0.25) is 5.10 Å². The first-order valence-electron chi connectivity index (χ1n) is 4.99. The third-order valence-electron chi connectivity index (χ3n) is 2.05. The van der Waals surface area contributed by atoms with Gasteiger partial charge in [-0.25, -0.2) is 4.98 Å². The highest BCUT2D eigenvalue weighted by Crippen LogP contribution is 2.14. The Bertz CT molecular complexity index is 261. The third kappa shape index (κ3) is 4.11. The van der Waals surface area contributed by atoms with Crippen molar-refractivity contribution in [3.63, 3.8) is 0 Å². The van der Waals surface area contributed by atoms with E-state index in [1.54, 1.807) is 11.8 Å². The molecule has 1 aromatic heterocycles. The molecule has 0 amide bonds. The first kappa shape index (κ1) is 11.5. The molecule has 0 radical (unpaired) electrons. The number of nitrogens with zero attached hydrogens (tertiary/aromatic N) is 2. The second-order valence-corrected chi connectivity index (χ2v) is 4.42. The van der Waals surface area contributed by atoms with Crippen LogP contribution in [0, 0.1) is 6.92 Å². The van der Waals surface area contributed by atoms with E-state index in [0.29, 0.717) is 6.04 Å². The highest BCUT2D eigenvalue weighted by atomic mass is 32.2. The summed E-state index contributed by atoms with van der Waals surface area (Å²) >= 11 is 1.68. The number of hydrogen-bond acceptors (Lipinski definition) is 4. The van der Waals surface area contributed by atoms with Crippen LogP contribution in [0.3, 0.4) is 0 Å². The zero-order chi connectivity index (χ0) is 10.4. The lowest BCUT2D eigenvalue weighted by Gasteiger charge is -2.06. The van der Waals surface area contributed by atoms with Gasteiger partial charge in [0.05, 0.1) is 0 Å². The van der Waals surface area contributed by atoms with Crippen molar-refractivity contribution >= 4 is 11.8 Å². The summed E-state index contributed by atoms with van der Waals surface area (Å²) in [5, 5.41) is 7.71. The van der Waals surface area contributed by atoms with Crippen molar-refractivity contribution in [3.8, 4) is 0 Å². The van der Waals surface area contributed by atoms with Crippen molar-refractivity contribution < 1.29 is 0 Å². The summed E-state index contributed by atoms with van der Waals surface area (Å²) < 4.78 is 0. The normalized spacial score (nSPS) is 13.1. The predicted octanol–water partition coefficient (Wildman–Crippen LogP) is 1.72. The number of aromatic amines is 1. The molecule has 0 bridgehead atoms. The van der Waals surface area contributed by atoms with E-state index in [1.807, 2.05) is 6.92 Å². The molecule has 4 nitrogen and oxygen atoms in total. The van der Waals surface area contributed by atoms with E-state index in [2.05, 4.69) is 22.1 Å². The van der Waals surface area contributed by atoms with Gasteiger partial charge in [0.1, 0.15) is 5.82 Å². The standard InChI is InChI=1S/C9H18N4S/c1-3-8(10)5-4-6-14-9-11-7(2)12-13-9/h8H,3-6,10H2,1-2H3,(H,11,12,13). The number of aromatic nitrogens is 3. The van der Waals surface area contributed by atoms with Crippen LogP contribution in [0.5, 0.6) is 0 Å². The number of hydrogen-bond donors (Lipinski definition) is 2. The maximum absolute atomic E-state index is 5.81. The molecule has 0 saturated heterocycles. The SMILES string of the molecule is CCC(N)CCCSc1n[nH]c(C)n1. The van der Waals surface area contributed by atoms with Gasteiger partial charge < -0.3 is 5.73 Å². The molecule has 1 rings (SSSR count).